The summed E-state index contributed by atoms with van der Waals surface area (Å²) in [4.78, 5) is 22.6. The molecule has 0 radical (unpaired) electrons. The summed E-state index contributed by atoms with van der Waals surface area (Å²) in [5.41, 5.74) is 1.85. The van der Waals surface area contributed by atoms with E-state index in [1.165, 1.54) is 7.11 Å². The third-order valence-corrected chi connectivity index (χ3v) is 3.62. The van der Waals surface area contributed by atoms with Crippen molar-refractivity contribution >= 4 is 22.8 Å². The van der Waals surface area contributed by atoms with Gasteiger partial charge in [0.15, 0.2) is 5.82 Å². The number of ether oxygens (including phenoxy) is 1. The summed E-state index contributed by atoms with van der Waals surface area (Å²) in [5.74, 6) is 0.568. The summed E-state index contributed by atoms with van der Waals surface area (Å²) in [6, 6.07) is 1.68. The number of imidazole rings is 1. The highest BCUT2D eigenvalue weighted by Gasteiger charge is 2.33. The number of aromatic nitrogens is 3. The monoisotopic (exact) mass is 260 g/mol. The number of carbonyl (C=O) groups is 1. The van der Waals surface area contributed by atoms with Crippen LogP contribution in [0.5, 0.6) is 0 Å². The van der Waals surface area contributed by atoms with Crippen LogP contribution >= 0.6 is 0 Å². The Morgan fingerprint density at radius 2 is 2.32 bits per heavy atom. The van der Waals surface area contributed by atoms with Crippen LogP contribution in [-0.4, -0.2) is 40.2 Å². The van der Waals surface area contributed by atoms with Gasteiger partial charge in [0.25, 0.3) is 0 Å². The molecule has 0 N–H and O–H groups in total. The number of anilines is 1. The van der Waals surface area contributed by atoms with Gasteiger partial charge >= 0.3 is 5.97 Å². The molecule has 0 spiro atoms. The van der Waals surface area contributed by atoms with Gasteiger partial charge in [-0.25, -0.2) is 14.8 Å². The number of pyridine rings is 1. The minimum absolute atomic E-state index is 0.202. The summed E-state index contributed by atoms with van der Waals surface area (Å²) < 4.78 is 6.82. The highest BCUT2D eigenvalue weighted by atomic mass is 16.5. The van der Waals surface area contributed by atoms with Gasteiger partial charge < -0.3 is 14.2 Å². The normalized spacial score (nSPS) is 19.1. The molecule has 0 aliphatic carbocycles. The van der Waals surface area contributed by atoms with Crippen LogP contribution in [-0.2, 0) is 16.6 Å². The Labute approximate surface area is 111 Å². The second-order valence-corrected chi connectivity index (χ2v) is 4.73. The Morgan fingerprint density at radius 3 is 3.11 bits per heavy atom. The molecule has 1 aliphatic heterocycles. The first-order valence-corrected chi connectivity index (χ1v) is 6.33. The SMILES string of the molecule is COC(=O)C1CCCN1c1nccc2c1ncn2C. The van der Waals surface area contributed by atoms with E-state index in [0.717, 1.165) is 36.2 Å². The van der Waals surface area contributed by atoms with Crippen LogP contribution in [0.15, 0.2) is 18.6 Å². The Bertz CT molecular complexity index is 622. The average molecular weight is 260 g/mol. The van der Waals surface area contributed by atoms with Gasteiger partial charge in [-0.3, -0.25) is 0 Å². The molecule has 1 atom stereocenters. The molecule has 2 aromatic heterocycles. The first-order valence-electron chi connectivity index (χ1n) is 6.33. The molecule has 0 amide bonds. The summed E-state index contributed by atoms with van der Waals surface area (Å²) in [5, 5.41) is 0. The standard InChI is InChI=1S/C13H16N4O2/c1-16-8-15-11-9(16)5-6-14-12(11)17-7-3-4-10(17)13(18)19-2/h5-6,8,10H,3-4,7H2,1-2H3. The molecule has 0 saturated carbocycles. The third kappa shape index (κ3) is 1.83. The molecule has 1 aliphatic rings. The Morgan fingerprint density at radius 1 is 1.47 bits per heavy atom. The van der Waals surface area contributed by atoms with Gasteiger partial charge in [-0.15, -0.1) is 0 Å². The number of hydrogen-bond acceptors (Lipinski definition) is 5. The Kier molecular flexibility index (Phi) is 2.85. The van der Waals surface area contributed by atoms with Crippen molar-refractivity contribution in [1.82, 2.24) is 14.5 Å². The molecule has 1 unspecified atom stereocenters. The zero-order valence-electron chi connectivity index (χ0n) is 11.0. The second-order valence-electron chi connectivity index (χ2n) is 4.73. The van der Waals surface area contributed by atoms with Crippen molar-refractivity contribution in [3.63, 3.8) is 0 Å². The first kappa shape index (κ1) is 12.0. The number of hydrogen-bond donors (Lipinski definition) is 0. The zero-order valence-corrected chi connectivity index (χ0v) is 11.0. The van der Waals surface area contributed by atoms with E-state index in [4.69, 9.17) is 4.74 Å². The molecule has 0 bridgehead atoms. The van der Waals surface area contributed by atoms with E-state index in [1.54, 1.807) is 12.5 Å². The number of methoxy groups -OCH3 is 1. The van der Waals surface area contributed by atoms with E-state index >= 15 is 0 Å². The van der Waals surface area contributed by atoms with Crippen molar-refractivity contribution in [3.8, 4) is 0 Å². The van der Waals surface area contributed by atoms with Crippen LogP contribution < -0.4 is 4.90 Å². The van der Waals surface area contributed by atoms with E-state index < -0.39 is 0 Å². The molecule has 3 rings (SSSR count). The number of rotatable bonds is 2. The lowest BCUT2D eigenvalue weighted by Gasteiger charge is -2.23. The van der Waals surface area contributed by atoms with Crippen LogP contribution in [0.3, 0.4) is 0 Å². The fourth-order valence-corrected chi connectivity index (χ4v) is 2.66. The number of aryl methyl sites for hydroxylation is 1. The smallest absolute Gasteiger partial charge is 0.328 e. The van der Waals surface area contributed by atoms with E-state index in [2.05, 4.69) is 9.97 Å². The predicted molar refractivity (Wildman–Crippen MR) is 70.9 cm³/mol. The van der Waals surface area contributed by atoms with Gasteiger partial charge in [-0.1, -0.05) is 0 Å². The maximum Gasteiger partial charge on any atom is 0.328 e. The van der Waals surface area contributed by atoms with Gasteiger partial charge in [0, 0.05) is 19.8 Å². The van der Waals surface area contributed by atoms with E-state index in [0.29, 0.717) is 0 Å². The third-order valence-electron chi connectivity index (χ3n) is 3.62. The maximum absolute atomic E-state index is 11.8. The van der Waals surface area contributed by atoms with Crippen LogP contribution in [0, 0.1) is 0 Å². The van der Waals surface area contributed by atoms with E-state index in [9.17, 15) is 4.79 Å². The molecule has 3 heterocycles. The van der Waals surface area contributed by atoms with E-state index in [1.807, 2.05) is 22.6 Å². The Hall–Kier alpha value is -2.11. The largest absolute Gasteiger partial charge is 0.467 e. The molecule has 0 aromatic carbocycles. The molecule has 6 nitrogen and oxygen atoms in total. The molecule has 2 aromatic rings. The van der Waals surface area contributed by atoms with Gasteiger partial charge in [0.2, 0.25) is 0 Å². The average Bonchev–Trinajstić information content (AvgIpc) is 3.05. The van der Waals surface area contributed by atoms with Crippen molar-refractivity contribution < 1.29 is 9.53 Å². The lowest BCUT2D eigenvalue weighted by molar-refractivity contribution is -0.141. The topological polar surface area (TPSA) is 60.2 Å². The maximum atomic E-state index is 11.8. The van der Waals surface area contributed by atoms with Crippen molar-refractivity contribution in [3.05, 3.63) is 18.6 Å². The molecule has 6 heteroatoms. The van der Waals surface area contributed by atoms with Gasteiger partial charge in [-0.2, -0.15) is 0 Å². The molecule has 100 valence electrons. The molecule has 19 heavy (non-hydrogen) atoms. The quantitative estimate of drug-likeness (QED) is 0.757. The summed E-state index contributed by atoms with van der Waals surface area (Å²) >= 11 is 0. The predicted octanol–water partition coefficient (Wildman–Crippen LogP) is 1.11. The number of carbonyl (C=O) groups excluding carboxylic acids is 1. The number of esters is 1. The van der Waals surface area contributed by atoms with Crippen LogP contribution in [0.4, 0.5) is 5.82 Å². The first-order chi connectivity index (χ1) is 9.22. The van der Waals surface area contributed by atoms with Crippen LogP contribution in [0.2, 0.25) is 0 Å². The van der Waals surface area contributed by atoms with Gasteiger partial charge in [-0.05, 0) is 18.9 Å². The number of fused-ring (bicyclic) bond motifs is 1. The summed E-state index contributed by atoms with van der Waals surface area (Å²) in [6.07, 6.45) is 5.29. The van der Waals surface area contributed by atoms with Crippen molar-refractivity contribution in [2.75, 3.05) is 18.6 Å². The van der Waals surface area contributed by atoms with Gasteiger partial charge in [0.1, 0.15) is 11.6 Å². The van der Waals surface area contributed by atoms with E-state index in [-0.39, 0.29) is 12.0 Å². The molecular formula is C13H16N4O2. The molecule has 1 saturated heterocycles. The fourth-order valence-electron chi connectivity index (χ4n) is 2.66. The highest BCUT2D eigenvalue weighted by molar-refractivity contribution is 5.89. The number of nitrogens with zero attached hydrogens (tertiary/aromatic N) is 4. The van der Waals surface area contributed by atoms with Crippen molar-refractivity contribution in [2.45, 2.75) is 18.9 Å². The second kappa shape index (κ2) is 4.53. The summed E-state index contributed by atoms with van der Waals surface area (Å²) in [7, 11) is 3.37. The highest BCUT2D eigenvalue weighted by Crippen LogP contribution is 2.29. The lowest BCUT2D eigenvalue weighted by Crippen LogP contribution is -2.37. The van der Waals surface area contributed by atoms with Crippen molar-refractivity contribution in [1.29, 1.82) is 0 Å². The zero-order chi connectivity index (χ0) is 13.4. The van der Waals surface area contributed by atoms with Gasteiger partial charge in [0.05, 0.1) is 19.0 Å². The molecule has 1 fully saturated rings. The molecular weight excluding hydrogens is 244 g/mol. The summed E-state index contributed by atoms with van der Waals surface area (Å²) in [6.45, 7) is 0.808. The lowest BCUT2D eigenvalue weighted by atomic mass is 10.2. The van der Waals surface area contributed by atoms with Crippen molar-refractivity contribution in [2.24, 2.45) is 7.05 Å². The minimum Gasteiger partial charge on any atom is -0.467 e. The fraction of sp³-hybridized carbons (Fsp3) is 0.462. The Balaban J connectivity index is 2.06. The minimum atomic E-state index is -0.245. The van der Waals surface area contributed by atoms with Crippen LogP contribution in [0.1, 0.15) is 12.8 Å². The van der Waals surface area contributed by atoms with Crippen LogP contribution in [0.25, 0.3) is 11.0 Å².